The van der Waals surface area contributed by atoms with Crippen molar-refractivity contribution in [3.63, 3.8) is 0 Å². The molecule has 0 radical (unpaired) electrons. The number of aromatic amines is 1. The van der Waals surface area contributed by atoms with Gasteiger partial charge < -0.3 is 4.74 Å². The molecule has 6 nitrogen and oxygen atoms in total. The van der Waals surface area contributed by atoms with Gasteiger partial charge in [-0.15, -0.1) is 0 Å². The highest BCUT2D eigenvalue weighted by molar-refractivity contribution is 4.84. The molecule has 2 heterocycles. The molecule has 1 N–H and O–H groups in total. The monoisotopic (exact) mass is 239 g/mol. The van der Waals surface area contributed by atoms with Crippen molar-refractivity contribution < 1.29 is 4.74 Å². The van der Waals surface area contributed by atoms with E-state index < -0.39 is 0 Å². The summed E-state index contributed by atoms with van der Waals surface area (Å²) in [5, 5.41) is 0. The van der Waals surface area contributed by atoms with Gasteiger partial charge in [0.15, 0.2) is 0 Å². The first-order valence-corrected chi connectivity index (χ1v) is 5.82. The molecule has 1 aliphatic heterocycles. The molecule has 0 amide bonds. The maximum Gasteiger partial charge on any atom is 0.328 e. The first-order valence-electron chi connectivity index (χ1n) is 5.82. The zero-order valence-electron chi connectivity index (χ0n) is 9.89. The molecule has 0 aromatic carbocycles. The molecule has 1 unspecified atom stereocenters. The van der Waals surface area contributed by atoms with Gasteiger partial charge in [-0.3, -0.25) is 19.2 Å². The third-order valence-corrected chi connectivity index (χ3v) is 2.97. The molecule has 94 valence electrons. The predicted octanol–water partition coefficient (Wildman–Crippen LogP) is -0.743. The van der Waals surface area contributed by atoms with Gasteiger partial charge in [0.2, 0.25) is 0 Å². The van der Waals surface area contributed by atoms with E-state index in [0.717, 1.165) is 19.6 Å². The molecule has 0 aliphatic carbocycles. The predicted molar refractivity (Wildman–Crippen MR) is 63.2 cm³/mol. The fraction of sp³-hybridized carbons (Fsp3) is 0.636. The Morgan fingerprint density at radius 3 is 3.06 bits per heavy atom. The van der Waals surface area contributed by atoms with E-state index in [1.807, 2.05) is 0 Å². The third kappa shape index (κ3) is 3.04. The van der Waals surface area contributed by atoms with E-state index in [0.29, 0.717) is 13.2 Å². The van der Waals surface area contributed by atoms with Gasteiger partial charge in [-0.1, -0.05) is 6.92 Å². The largest absolute Gasteiger partial charge is 0.374 e. The minimum Gasteiger partial charge on any atom is -0.374 e. The van der Waals surface area contributed by atoms with Gasteiger partial charge in [0.25, 0.3) is 5.56 Å². The minimum absolute atomic E-state index is 0.00676. The van der Waals surface area contributed by atoms with E-state index >= 15 is 0 Å². The Kier molecular flexibility index (Phi) is 3.75. The van der Waals surface area contributed by atoms with Crippen LogP contribution in [0.3, 0.4) is 0 Å². The highest BCUT2D eigenvalue weighted by Crippen LogP contribution is 2.05. The number of aromatic nitrogens is 2. The smallest absolute Gasteiger partial charge is 0.328 e. The van der Waals surface area contributed by atoms with Crippen LogP contribution in [0.2, 0.25) is 0 Å². The van der Waals surface area contributed by atoms with Gasteiger partial charge in [-0.05, 0) is 6.54 Å². The molecule has 0 saturated carbocycles. The normalized spacial score (nSPS) is 21.6. The highest BCUT2D eigenvalue weighted by Gasteiger charge is 2.19. The third-order valence-electron chi connectivity index (χ3n) is 2.97. The summed E-state index contributed by atoms with van der Waals surface area (Å²) in [6.45, 7) is 6.02. The van der Waals surface area contributed by atoms with E-state index in [4.69, 9.17) is 4.74 Å². The fourth-order valence-electron chi connectivity index (χ4n) is 1.99. The van der Waals surface area contributed by atoms with Crippen LogP contribution in [-0.4, -0.2) is 46.8 Å². The van der Waals surface area contributed by atoms with Crippen molar-refractivity contribution in [3.05, 3.63) is 33.1 Å². The molecule has 1 aliphatic rings. The molecule has 1 atom stereocenters. The molecule has 0 bridgehead atoms. The van der Waals surface area contributed by atoms with Crippen LogP contribution in [0.5, 0.6) is 0 Å². The summed E-state index contributed by atoms with van der Waals surface area (Å²) < 4.78 is 7.08. The second-order valence-electron chi connectivity index (χ2n) is 4.15. The van der Waals surface area contributed by atoms with Gasteiger partial charge in [0.05, 0.1) is 19.3 Å². The molecule has 6 heteroatoms. The van der Waals surface area contributed by atoms with Gasteiger partial charge >= 0.3 is 5.69 Å². The number of H-pyrrole nitrogens is 1. The lowest BCUT2D eigenvalue weighted by atomic mass is 10.2. The number of rotatable bonds is 3. The Labute approximate surface area is 98.8 Å². The van der Waals surface area contributed by atoms with Crippen molar-refractivity contribution in [2.75, 3.05) is 26.2 Å². The summed E-state index contributed by atoms with van der Waals surface area (Å²) in [6.07, 6.45) is 1.52. The summed E-state index contributed by atoms with van der Waals surface area (Å²) in [4.78, 5) is 26.9. The van der Waals surface area contributed by atoms with Crippen molar-refractivity contribution in [1.29, 1.82) is 0 Å². The van der Waals surface area contributed by atoms with Crippen LogP contribution in [0, 0.1) is 0 Å². The van der Waals surface area contributed by atoms with Crippen LogP contribution < -0.4 is 11.2 Å². The Morgan fingerprint density at radius 1 is 1.53 bits per heavy atom. The van der Waals surface area contributed by atoms with E-state index in [9.17, 15) is 9.59 Å². The van der Waals surface area contributed by atoms with Crippen molar-refractivity contribution in [1.82, 2.24) is 14.5 Å². The number of likely N-dealkylation sites (N-methyl/N-ethyl adjacent to an activating group) is 1. The van der Waals surface area contributed by atoms with Crippen LogP contribution in [0.15, 0.2) is 21.9 Å². The Balaban J connectivity index is 2.05. The summed E-state index contributed by atoms with van der Waals surface area (Å²) in [5.74, 6) is 0. The molecule has 17 heavy (non-hydrogen) atoms. The zero-order chi connectivity index (χ0) is 12.3. The van der Waals surface area contributed by atoms with E-state index in [1.165, 1.54) is 16.8 Å². The number of nitrogens with zero attached hydrogens (tertiary/aromatic N) is 2. The van der Waals surface area contributed by atoms with Crippen LogP contribution in [0.25, 0.3) is 0 Å². The quantitative estimate of drug-likeness (QED) is 0.754. The second-order valence-corrected chi connectivity index (χ2v) is 4.15. The van der Waals surface area contributed by atoms with Crippen LogP contribution >= 0.6 is 0 Å². The van der Waals surface area contributed by atoms with Gasteiger partial charge in [-0.2, -0.15) is 0 Å². The molecule has 1 aromatic heterocycles. The van der Waals surface area contributed by atoms with Gasteiger partial charge in [0, 0.05) is 25.4 Å². The lowest BCUT2D eigenvalue weighted by Crippen LogP contribution is -2.45. The Morgan fingerprint density at radius 2 is 2.35 bits per heavy atom. The Bertz CT molecular complexity index is 479. The lowest BCUT2D eigenvalue weighted by molar-refractivity contribution is -0.0348. The molecule has 0 spiro atoms. The molecule has 1 fully saturated rings. The standard InChI is InChI=1S/C11H17N3O3/c1-2-13-5-6-17-9(7-13)8-14-4-3-10(15)12-11(14)16/h3-4,9H,2,5-8H2,1H3,(H,12,15,16). The van der Waals surface area contributed by atoms with Crippen molar-refractivity contribution in [2.24, 2.45) is 0 Å². The number of nitrogens with one attached hydrogen (secondary N) is 1. The number of ether oxygens (including phenoxy) is 1. The number of hydrogen-bond acceptors (Lipinski definition) is 4. The maximum atomic E-state index is 11.5. The number of morpholine rings is 1. The first-order chi connectivity index (χ1) is 8.19. The van der Waals surface area contributed by atoms with Crippen molar-refractivity contribution in [2.45, 2.75) is 19.6 Å². The van der Waals surface area contributed by atoms with Crippen molar-refractivity contribution in [3.8, 4) is 0 Å². The average molecular weight is 239 g/mol. The van der Waals surface area contributed by atoms with Crippen LogP contribution in [-0.2, 0) is 11.3 Å². The average Bonchev–Trinajstić information content (AvgIpc) is 2.33. The minimum atomic E-state index is -0.380. The topological polar surface area (TPSA) is 67.3 Å². The van der Waals surface area contributed by atoms with E-state index in [1.54, 1.807) is 0 Å². The molecule has 1 saturated heterocycles. The van der Waals surface area contributed by atoms with Crippen LogP contribution in [0.1, 0.15) is 6.92 Å². The number of hydrogen-bond donors (Lipinski definition) is 1. The lowest BCUT2D eigenvalue weighted by Gasteiger charge is -2.32. The SMILES string of the molecule is CCN1CCOC(Cn2ccc(=O)[nH]c2=O)C1. The first kappa shape index (κ1) is 12.1. The summed E-state index contributed by atoms with van der Waals surface area (Å²) in [5.41, 5.74) is -0.749. The maximum absolute atomic E-state index is 11.5. The van der Waals surface area contributed by atoms with Crippen molar-refractivity contribution >= 4 is 0 Å². The fourth-order valence-corrected chi connectivity index (χ4v) is 1.99. The van der Waals surface area contributed by atoms with Gasteiger partial charge in [0.1, 0.15) is 0 Å². The molecular formula is C11H17N3O3. The van der Waals surface area contributed by atoms with Gasteiger partial charge in [-0.25, -0.2) is 4.79 Å². The molecular weight excluding hydrogens is 222 g/mol. The second kappa shape index (κ2) is 5.29. The summed E-state index contributed by atoms with van der Waals surface area (Å²) >= 11 is 0. The van der Waals surface area contributed by atoms with Crippen LogP contribution in [0.4, 0.5) is 0 Å². The summed E-state index contributed by atoms with van der Waals surface area (Å²) in [7, 11) is 0. The van der Waals surface area contributed by atoms with E-state index in [-0.39, 0.29) is 17.4 Å². The Hall–Kier alpha value is -1.40. The highest BCUT2D eigenvalue weighted by atomic mass is 16.5. The van der Waals surface area contributed by atoms with E-state index in [2.05, 4.69) is 16.8 Å². The zero-order valence-corrected chi connectivity index (χ0v) is 9.89. The summed E-state index contributed by atoms with van der Waals surface area (Å²) in [6, 6.07) is 1.35. The molecule has 1 aromatic rings. The molecule has 2 rings (SSSR count).